The molecule has 25 heavy (non-hydrogen) atoms. The number of rotatable bonds is 3. The van der Waals surface area contributed by atoms with E-state index in [0.717, 1.165) is 25.1 Å². The summed E-state index contributed by atoms with van der Waals surface area (Å²) in [6.45, 7) is 2.13. The second-order valence-corrected chi connectivity index (χ2v) is 6.59. The monoisotopic (exact) mass is 337 g/mol. The lowest BCUT2D eigenvalue weighted by molar-refractivity contribution is -0.384. The van der Waals surface area contributed by atoms with Crippen LogP contribution in [0.15, 0.2) is 48.5 Å². The summed E-state index contributed by atoms with van der Waals surface area (Å²) in [6.07, 6.45) is 1.77. The summed E-state index contributed by atoms with van der Waals surface area (Å²) in [4.78, 5) is 27.5. The van der Waals surface area contributed by atoms with Gasteiger partial charge in [0.15, 0.2) is 0 Å². The van der Waals surface area contributed by atoms with E-state index in [9.17, 15) is 14.9 Å². The second-order valence-electron chi connectivity index (χ2n) is 6.59. The molecule has 0 N–H and O–H groups in total. The fraction of sp³-hybridized carbons (Fsp3) is 0.316. The Hall–Kier alpha value is -2.89. The van der Waals surface area contributed by atoms with Crippen molar-refractivity contribution in [1.29, 1.82) is 0 Å². The van der Waals surface area contributed by atoms with Crippen LogP contribution in [0.1, 0.15) is 24.0 Å². The van der Waals surface area contributed by atoms with Gasteiger partial charge in [-0.05, 0) is 36.1 Å². The van der Waals surface area contributed by atoms with E-state index in [-0.39, 0.29) is 17.6 Å². The van der Waals surface area contributed by atoms with Gasteiger partial charge in [0.25, 0.3) is 5.69 Å². The predicted octanol–water partition coefficient (Wildman–Crippen LogP) is 3.11. The zero-order valence-electron chi connectivity index (χ0n) is 13.8. The van der Waals surface area contributed by atoms with Crippen molar-refractivity contribution in [3.63, 3.8) is 0 Å². The van der Waals surface area contributed by atoms with Gasteiger partial charge in [-0.1, -0.05) is 24.3 Å². The van der Waals surface area contributed by atoms with Crippen LogP contribution in [-0.2, 0) is 17.9 Å². The first-order valence-corrected chi connectivity index (χ1v) is 8.50. The first-order valence-electron chi connectivity index (χ1n) is 8.50. The highest BCUT2D eigenvalue weighted by Crippen LogP contribution is 2.30. The molecule has 2 aromatic carbocycles. The highest BCUT2D eigenvalue weighted by Gasteiger charge is 2.35. The molecule has 2 aliphatic rings. The Morgan fingerprint density at radius 1 is 1.04 bits per heavy atom. The number of nitro groups is 1. The third-order valence-corrected chi connectivity index (χ3v) is 5.08. The van der Waals surface area contributed by atoms with Crippen molar-refractivity contribution in [3.8, 4) is 0 Å². The number of hydrogen-bond acceptors (Lipinski definition) is 4. The number of fused-ring (bicyclic) bond motifs is 1. The number of hydrogen-bond donors (Lipinski definition) is 0. The van der Waals surface area contributed by atoms with Gasteiger partial charge < -0.3 is 9.80 Å². The first kappa shape index (κ1) is 15.6. The standard InChI is InChI=1S/C19H19N3O3/c23-19(20-12-14-4-1-2-5-15(14)13-20)18-6-3-11-21(18)16-7-9-17(10-8-16)22(24)25/h1-2,4-5,7-10,18H,3,6,11-13H2/t18-/m0/s1. The van der Waals surface area contributed by atoms with E-state index in [1.54, 1.807) is 12.1 Å². The fourth-order valence-corrected chi connectivity index (χ4v) is 3.80. The Labute approximate surface area is 145 Å². The van der Waals surface area contributed by atoms with Gasteiger partial charge in [0.1, 0.15) is 6.04 Å². The SMILES string of the molecule is O=C([C@@H]1CCCN1c1ccc([N+](=O)[O-])cc1)N1Cc2ccccc2C1. The van der Waals surface area contributed by atoms with E-state index in [4.69, 9.17) is 0 Å². The maximum absolute atomic E-state index is 13.1. The quantitative estimate of drug-likeness (QED) is 0.637. The van der Waals surface area contributed by atoms with Crippen LogP contribution < -0.4 is 4.90 Å². The number of carbonyl (C=O) groups excluding carboxylic acids is 1. The van der Waals surface area contributed by atoms with Crippen LogP contribution in [-0.4, -0.2) is 28.3 Å². The normalized spacial score (nSPS) is 19.1. The topological polar surface area (TPSA) is 66.7 Å². The average molecular weight is 337 g/mol. The molecule has 2 heterocycles. The molecule has 0 aromatic heterocycles. The number of benzene rings is 2. The Balaban J connectivity index is 1.52. The van der Waals surface area contributed by atoms with E-state index >= 15 is 0 Å². The van der Waals surface area contributed by atoms with Gasteiger partial charge in [-0.2, -0.15) is 0 Å². The Kier molecular flexibility index (Phi) is 3.87. The van der Waals surface area contributed by atoms with Crippen molar-refractivity contribution >= 4 is 17.3 Å². The smallest absolute Gasteiger partial charge is 0.269 e. The summed E-state index contributed by atoms with van der Waals surface area (Å²) in [5.74, 6) is 0.145. The zero-order valence-corrected chi connectivity index (χ0v) is 13.8. The van der Waals surface area contributed by atoms with E-state index in [1.807, 2.05) is 17.0 Å². The fourth-order valence-electron chi connectivity index (χ4n) is 3.80. The summed E-state index contributed by atoms with van der Waals surface area (Å²) in [5, 5.41) is 10.8. The number of carbonyl (C=O) groups is 1. The summed E-state index contributed by atoms with van der Waals surface area (Å²) < 4.78 is 0. The molecule has 1 amide bonds. The Morgan fingerprint density at radius 2 is 1.68 bits per heavy atom. The van der Waals surface area contributed by atoms with Crippen molar-refractivity contribution in [3.05, 3.63) is 69.8 Å². The van der Waals surface area contributed by atoms with Crippen LogP contribution in [0.25, 0.3) is 0 Å². The molecule has 0 saturated carbocycles. The molecular formula is C19H19N3O3. The highest BCUT2D eigenvalue weighted by molar-refractivity contribution is 5.86. The molecule has 2 aliphatic heterocycles. The molecule has 6 heteroatoms. The van der Waals surface area contributed by atoms with Gasteiger partial charge in [-0.15, -0.1) is 0 Å². The first-order chi connectivity index (χ1) is 12.1. The molecule has 2 aromatic rings. The lowest BCUT2D eigenvalue weighted by Crippen LogP contribution is -2.43. The van der Waals surface area contributed by atoms with Gasteiger partial charge in [0.05, 0.1) is 4.92 Å². The lowest BCUT2D eigenvalue weighted by Gasteiger charge is -2.29. The maximum Gasteiger partial charge on any atom is 0.269 e. The minimum absolute atomic E-state index is 0.0702. The van der Waals surface area contributed by atoms with Gasteiger partial charge in [-0.25, -0.2) is 0 Å². The van der Waals surface area contributed by atoms with Crippen molar-refractivity contribution < 1.29 is 9.72 Å². The van der Waals surface area contributed by atoms with Gasteiger partial charge >= 0.3 is 0 Å². The minimum atomic E-state index is -0.405. The van der Waals surface area contributed by atoms with E-state index in [1.165, 1.54) is 23.3 Å². The summed E-state index contributed by atoms with van der Waals surface area (Å²) >= 11 is 0. The summed E-state index contributed by atoms with van der Waals surface area (Å²) in [6, 6.07) is 14.5. The molecule has 0 radical (unpaired) electrons. The molecule has 1 saturated heterocycles. The minimum Gasteiger partial charge on any atom is -0.360 e. The van der Waals surface area contributed by atoms with E-state index < -0.39 is 4.92 Å². The number of nitro benzene ring substituents is 1. The van der Waals surface area contributed by atoms with Crippen LogP contribution in [0, 0.1) is 10.1 Å². The van der Waals surface area contributed by atoms with E-state index in [2.05, 4.69) is 17.0 Å². The van der Waals surface area contributed by atoms with Crippen LogP contribution in [0.5, 0.6) is 0 Å². The molecule has 4 rings (SSSR count). The number of nitrogens with zero attached hydrogens (tertiary/aromatic N) is 3. The van der Waals surface area contributed by atoms with Crippen LogP contribution in [0.2, 0.25) is 0 Å². The van der Waals surface area contributed by atoms with Crippen LogP contribution >= 0.6 is 0 Å². The molecule has 1 atom stereocenters. The van der Waals surface area contributed by atoms with Gasteiger partial charge in [0.2, 0.25) is 5.91 Å². The molecule has 6 nitrogen and oxygen atoms in total. The Bertz CT molecular complexity index is 794. The van der Waals surface area contributed by atoms with Crippen LogP contribution in [0.4, 0.5) is 11.4 Å². The largest absolute Gasteiger partial charge is 0.360 e. The second kappa shape index (κ2) is 6.20. The third-order valence-electron chi connectivity index (χ3n) is 5.08. The molecule has 0 aliphatic carbocycles. The number of non-ortho nitro benzene ring substituents is 1. The van der Waals surface area contributed by atoms with Gasteiger partial charge in [-0.3, -0.25) is 14.9 Å². The van der Waals surface area contributed by atoms with Crippen LogP contribution in [0.3, 0.4) is 0 Å². The van der Waals surface area contributed by atoms with Gasteiger partial charge in [0, 0.05) is 37.5 Å². The summed E-state index contributed by atoms with van der Waals surface area (Å²) in [7, 11) is 0. The van der Waals surface area contributed by atoms with Crippen molar-refractivity contribution in [2.75, 3.05) is 11.4 Å². The maximum atomic E-state index is 13.1. The molecule has 0 bridgehead atoms. The average Bonchev–Trinajstić information content (AvgIpc) is 3.28. The molecule has 1 fully saturated rings. The molecule has 0 spiro atoms. The number of anilines is 1. The van der Waals surface area contributed by atoms with Crippen molar-refractivity contribution in [1.82, 2.24) is 4.90 Å². The van der Waals surface area contributed by atoms with E-state index in [0.29, 0.717) is 13.1 Å². The number of amides is 1. The highest BCUT2D eigenvalue weighted by atomic mass is 16.6. The third kappa shape index (κ3) is 2.84. The molecule has 0 unspecified atom stereocenters. The molecule has 128 valence electrons. The Morgan fingerprint density at radius 3 is 2.28 bits per heavy atom. The molecular weight excluding hydrogens is 318 g/mol. The van der Waals surface area contributed by atoms with Crippen molar-refractivity contribution in [2.24, 2.45) is 0 Å². The summed E-state index contributed by atoms with van der Waals surface area (Å²) in [5.41, 5.74) is 3.38. The lowest BCUT2D eigenvalue weighted by atomic mass is 10.1. The van der Waals surface area contributed by atoms with Crippen molar-refractivity contribution in [2.45, 2.75) is 32.0 Å². The zero-order chi connectivity index (χ0) is 17.4. The predicted molar refractivity (Wildman–Crippen MR) is 94.2 cm³/mol.